The fraction of sp³-hybridized carbons (Fsp3) is 0.294. The van der Waals surface area contributed by atoms with E-state index in [1.807, 2.05) is 18.2 Å². The van der Waals surface area contributed by atoms with Gasteiger partial charge >= 0.3 is 0 Å². The van der Waals surface area contributed by atoms with Crippen LogP contribution in [0.2, 0.25) is 0 Å². The third-order valence-electron chi connectivity index (χ3n) is 3.26. The molecule has 0 radical (unpaired) electrons. The topological polar surface area (TPSA) is 72.5 Å². The summed E-state index contributed by atoms with van der Waals surface area (Å²) in [7, 11) is 1.59. The van der Waals surface area contributed by atoms with Gasteiger partial charge in [0.15, 0.2) is 5.96 Å². The Balaban J connectivity index is 1.98. The molecule has 2 aromatic rings. The van der Waals surface area contributed by atoms with Crippen molar-refractivity contribution in [2.24, 2.45) is 10.7 Å². The predicted octanol–water partition coefficient (Wildman–Crippen LogP) is 3.14. The molecule has 1 heterocycles. The van der Waals surface area contributed by atoms with E-state index in [2.05, 4.69) is 41.3 Å². The molecule has 0 amide bonds. The number of guanidine groups is 1. The monoisotopic (exact) mass is 298 g/mol. The molecule has 0 saturated carbocycles. The van der Waals surface area contributed by atoms with Crippen LogP contribution in [0.1, 0.15) is 30.9 Å². The van der Waals surface area contributed by atoms with Crippen LogP contribution in [0.25, 0.3) is 0 Å². The predicted molar refractivity (Wildman–Crippen MR) is 90.3 cm³/mol. The van der Waals surface area contributed by atoms with Crippen molar-refractivity contribution in [2.45, 2.75) is 26.3 Å². The van der Waals surface area contributed by atoms with E-state index in [9.17, 15) is 0 Å². The lowest BCUT2D eigenvalue weighted by Gasteiger charge is -2.10. The summed E-state index contributed by atoms with van der Waals surface area (Å²) in [6.45, 7) is 4.79. The van der Waals surface area contributed by atoms with E-state index < -0.39 is 0 Å². The summed E-state index contributed by atoms with van der Waals surface area (Å²) < 4.78 is 5.02. The molecule has 5 heteroatoms. The Kier molecular flexibility index (Phi) is 5.36. The number of pyridine rings is 1. The van der Waals surface area contributed by atoms with Crippen molar-refractivity contribution in [3.05, 3.63) is 53.7 Å². The van der Waals surface area contributed by atoms with E-state index in [1.54, 1.807) is 19.4 Å². The standard InChI is InChI=1S/C17H22N4O/c1-12(2)14-5-4-6-15(9-14)21-17(18)20-11-13-7-8-16(22-3)19-10-13/h4-10,12H,11H2,1-3H3,(H3,18,20,21). The molecule has 3 N–H and O–H groups in total. The van der Waals surface area contributed by atoms with Gasteiger partial charge in [0.1, 0.15) is 0 Å². The molecule has 116 valence electrons. The van der Waals surface area contributed by atoms with Gasteiger partial charge in [0.2, 0.25) is 5.88 Å². The molecule has 0 aliphatic rings. The number of ether oxygens (including phenoxy) is 1. The highest BCUT2D eigenvalue weighted by Gasteiger charge is 2.01. The molecule has 0 saturated heterocycles. The molecule has 0 spiro atoms. The van der Waals surface area contributed by atoms with E-state index in [0.717, 1.165) is 11.3 Å². The molecule has 1 aromatic heterocycles. The molecule has 0 bridgehead atoms. The van der Waals surface area contributed by atoms with Crippen molar-refractivity contribution >= 4 is 11.6 Å². The molecular weight excluding hydrogens is 276 g/mol. The van der Waals surface area contributed by atoms with Crippen LogP contribution in [-0.2, 0) is 6.54 Å². The highest BCUT2D eigenvalue weighted by molar-refractivity contribution is 5.92. The zero-order valence-electron chi connectivity index (χ0n) is 13.2. The fourth-order valence-corrected chi connectivity index (χ4v) is 1.96. The number of anilines is 1. The number of methoxy groups -OCH3 is 1. The highest BCUT2D eigenvalue weighted by atomic mass is 16.5. The van der Waals surface area contributed by atoms with Gasteiger partial charge < -0.3 is 15.8 Å². The summed E-state index contributed by atoms with van der Waals surface area (Å²) in [6.07, 6.45) is 1.73. The normalized spacial score (nSPS) is 11.5. The van der Waals surface area contributed by atoms with Crippen molar-refractivity contribution in [3.8, 4) is 5.88 Å². The quantitative estimate of drug-likeness (QED) is 0.657. The van der Waals surface area contributed by atoms with Crippen molar-refractivity contribution in [3.63, 3.8) is 0 Å². The van der Waals surface area contributed by atoms with Crippen LogP contribution in [0.4, 0.5) is 5.69 Å². The summed E-state index contributed by atoms with van der Waals surface area (Å²) in [4.78, 5) is 8.46. The van der Waals surface area contributed by atoms with Crippen molar-refractivity contribution in [1.29, 1.82) is 0 Å². The Labute approximate surface area is 131 Å². The van der Waals surface area contributed by atoms with Crippen LogP contribution in [0.15, 0.2) is 47.6 Å². The largest absolute Gasteiger partial charge is 0.481 e. The second kappa shape index (κ2) is 7.45. The minimum absolute atomic E-state index is 0.386. The molecule has 2 rings (SSSR count). The molecule has 0 aliphatic carbocycles. The van der Waals surface area contributed by atoms with Gasteiger partial charge in [0, 0.05) is 18.0 Å². The lowest BCUT2D eigenvalue weighted by molar-refractivity contribution is 0.397. The van der Waals surface area contributed by atoms with Crippen LogP contribution in [0, 0.1) is 0 Å². The first-order chi connectivity index (χ1) is 10.6. The lowest BCUT2D eigenvalue weighted by Crippen LogP contribution is -2.22. The van der Waals surface area contributed by atoms with E-state index in [4.69, 9.17) is 10.5 Å². The number of hydrogen-bond acceptors (Lipinski definition) is 3. The molecule has 22 heavy (non-hydrogen) atoms. The van der Waals surface area contributed by atoms with Gasteiger partial charge in [0.25, 0.3) is 0 Å². The third-order valence-corrected chi connectivity index (χ3v) is 3.26. The van der Waals surface area contributed by atoms with Gasteiger partial charge in [-0.3, -0.25) is 0 Å². The number of aromatic nitrogens is 1. The van der Waals surface area contributed by atoms with Crippen LogP contribution in [0.3, 0.4) is 0 Å². The summed E-state index contributed by atoms with van der Waals surface area (Å²) in [5, 5.41) is 3.11. The van der Waals surface area contributed by atoms with Crippen molar-refractivity contribution in [2.75, 3.05) is 12.4 Å². The number of hydrogen-bond donors (Lipinski definition) is 2. The first-order valence-electron chi connectivity index (χ1n) is 7.24. The molecule has 5 nitrogen and oxygen atoms in total. The number of nitrogens with two attached hydrogens (primary N) is 1. The zero-order chi connectivity index (χ0) is 15.9. The molecule has 1 aromatic carbocycles. The second-order valence-corrected chi connectivity index (χ2v) is 5.32. The zero-order valence-corrected chi connectivity index (χ0v) is 13.2. The summed E-state index contributed by atoms with van der Waals surface area (Å²) in [5.41, 5.74) is 9.11. The summed E-state index contributed by atoms with van der Waals surface area (Å²) >= 11 is 0. The molecular formula is C17H22N4O. The van der Waals surface area contributed by atoms with Gasteiger partial charge in [-0.05, 0) is 29.2 Å². The van der Waals surface area contributed by atoms with Crippen LogP contribution < -0.4 is 15.8 Å². The van der Waals surface area contributed by atoms with Crippen molar-refractivity contribution < 1.29 is 4.74 Å². The average Bonchev–Trinajstić information content (AvgIpc) is 2.53. The van der Waals surface area contributed by atoms with Gasteiger partial charge in [-0.2, -0.15) is 0 Å². The molecule has 0 atom stereocenters. The Morgan fingerprint density at radius 2 is 2.14 bits per heavy atom. The number of aliphatic imine (C=N–C) groups is 1. The lowest BCUT2D eigenvalue weighted by atomic mass is 10.0. The smallest absolute Gasteiger partial charge is 0.212 e. The molecule has 0 unspecified atom stereocenters. The van der Waals surface area contributed by atoms with Crippen LogP contribution >= 0.6 is 0 Å². The summed E-state index contributed by atoms with van der Waals surface area (Å²) in [5.74, 6) is 1.45. The number of benzene rings is 1. The van der Waals surface area contributed by atoms with E-state index in [0.29, 0.717) is 24.3 Å². The Hall–Kier alpha value is -2.56. The summed E-state index contributed by atoms with van der Waals surface area (Å²) in [6, 6.07) is 11.9. The van der Waals surface area contributed by atoms with Gasteiger partial charge in [-0.25, -0.2) is 9.98 Å². The average molecular weight is 298 g/mol. The minimum Gasteiger partial charge on any atom is -0.481 e. The fourth-order valence-electron chi connectivity index (χ4n) is 1.96. The van der Waals surface area contributed by atoms with E-state index in [-0.39, 0.29) is 0 Å². The maximum atomic E-state index is 5.93. The minimum atomic E-state index is 0.386. The SMILES string of the molecule is COc1ccc(CN=C(N)Nc2cccc(C(C)C)c2)cn1. The third kappa shape index (κ3) is 4.48. The Morgan fingerprint density at radius 3 is 2.77 bits per heavy atom. The van der Waals surface area contributed by atoms with Crippen LogP contribution in [-0.4, -0.2) is 18.1 Å². The Bertz CT molecular complexity index is 635. The number of nitrogens with zero attached hydrogens (tertiary/aromatic N) is 2. The van der Waals surface area contributed by atoms with E-state index in [1.165, 1.54) is 5.56 Å². The van der Waals surface area contributed by atoms with Gasteiger partial charge in [-0.15, -0.1) is 0 Å². The van der Waals surface area contributed by atoms with Crippen molar-refractivity contribution in [1.82, 2.24) is 4.98 Å². The van der Waals surface area contributed by atoms with Gasteiger partial charge in [-0.1, -0.05) is 32.0 Å². The van der Waals surface area contributed by atoms with Crippen LogP contribution in [0.5, 0.6) is 5.88 Å². The van der Waals surface area contributed by atoms with E-state index >= 15 is 0 Å². The first-order valence-corrected chi connectivity index (χ1v) is 7.24. The van der Waals surface area contributed by atoms with Gasteiger partial charge in [0.05, 0.1) is 13.7 Å². The molecule has 0 fully saturated rings. The number of nitrogens with one attached hydrogen (secondary N) is 1. The molecule has 0 aliphatic heterocycles. The highest BCUT2D eigenvalue weighted by Crippen LogP contribution is 2.18. The second-order valence-electron chi connectivity index (χ2n) is 5.32. The number of rotatable bonds is 5. The first kappa shape index (κ1) is 15.8. The Morgan fingerprint density at radius 1 is 1.32 bits per heavy atom. The maximum Gasteiger partial charge on any atom is 0.212 e. The maximum absolute atomic E-state index is 5.93.